The molecule has 0 saturated heterocycles. The topological polar surface area (TPSA) is 55.9 Å². The summed E-state index contributed by atoms with van der Waals surface area (Å²) in [5.41, 5.74) is 5.16. The van der Waals surface area contributed by atoms with E-state index in [1.807, 2.05) is 16.9 Å². The van der Waals surface area contributed by atoms with Crippen LogP contribution in [0.4, 0.5) is 0 Å². The van der Waals surface area contributed by atoms with Gasteiger partial charge in [-0.25, -0.2) is 0 Å². The maximum atomic E-state index is 5.91. The molecule has 0 radical (unpaired) electrons. The Bertz CT molecular complexity index is 577. The lowest BCUT2D eigenvalue weighted by Gasteiger charge is -2.35. The van der Waals surface area contributed by atoms with Crippen LogP contribution in [-0.2, 0) is 12.0 Å². The maximum absolute atomic E-state index is 5.91. The van der Waals surface area contributed by atoms with Crippen molar-refractivity contribution in [2.75, 3.05) is 0 Å². The van der Waals surface area contributed by atoms with Gasteiger partial charge in [-0.05, 0) is 27.9 Å². The molecule has 5 heteroatoms. The highest BCUT2D eigenvalue weighted by molar-refractivity contribution is 9.10. The van der Waals surface area contributed by atoms with E-state index >= 15 is 0 Å². The lowest BCUT2D eigenvalue weighted by Crippen LogP contribution is -2.42. The van der Waals surface area contributed by atoms with Crippen LogP contribution in [0.3, 0.4) is 0 Å². The first-order chi connectivity index (χ1) is 10.0. The lowest BCUT2D eigenvalue weighted by molar-refractivity contribution is 0.329. The van der Waals surface area contributed by atoms with E-state index in [9.17, 15) is 0 Å². The van der Waals surface area contributed by atoms with Crippen molar-refractivity contribution in [3.05, 3.63) is 52.3 Å². The van der Waals surface area contributed by atoms with E-state index in [0.29, 0.717) is 0 Å². The van der Waals surface area contributed by atoms with Gasteiger partial charge in [0.25, 0.3) is 0 Å². The van der Waals surface area contributed by atoms with Crippen molar-refractivity contribution in [3.8, 4) is 0 Å². The molecular formula is C16H23BrN4. The summed E-state index contributed by atoms with van der Waals surface area (Å²) in [6.07, 6.45) is 2.88. The number of hydrazine groups is 1. The molecule has 1 heterocycles. The zero-order valence-corrected chi connectivity index (χ0v) is 14.4. The number of benzene rings is 1. The van der Waals surface area contributed by atoms with Crippen LogP contribution in [0.5, 0.6) is 0 Å². The Balaban J connectivity index is 2.46. The monoisotopic (exact) mass is 350 g/mol. The van der Waals surface area contributed by atoms with Gasteiger partial charge in [0.2, 0.25) is 0 Å². The van der Waals surface area contributed by atoms with Crippen LogP contribution in [0.15, 0.2) is 41.0 Å². The number of aromatic nitrogens is 2. The second kappa shape index (κ2) is 6.73. The molecule has 0 spiro atoms. The number of nitrogens with zero attached hydrogens (tertiary/aromatic N) is 2. The summed E-state index contributed by atoms with van der Waals surface area (Å²) >= 11 is 3.61. The van der Waals surface area contributed by atoms with Gasteiger partial charge in [0.05, 0.1) is 22.4 Å². The minimum absolute atomic E-state index is 0.0386. The van der Waals surface area contributed by atoms with Crippen molar-refractivity contribution in [2.24, 2.45) is 5.84 Å². The second-order valence-corrected chi connectivity index (χ2v) is 6.64. The largest absolute Gasteiger partial charge is 0.271 e. The number of aryl methyl sites for hydroxylation is 1. The van der Waals surface area contributed by atoms with Crippen LogP contribution in [0, 0.1) is 0 Å². The standard InChI is InChI=1S/C16H23BrN4/c1-4-10-21-14(13(17)11-19-21)15(20-18)16(2,3)12-8-6-5-7-9-12/h5-9,11,15,20H,4,10,18H2,1-3H3. The molecule has 1 atom stereocenters. The Labute approximate surface area is 134 Å². The van der Waals surface area contributed by atoms with Gasteiger partial charge in [-0.3, -0.25) is 16.0 Å². The third-order valence-corrected chi connectivity index (χ3v) is 4.56. The van der Waals surface area contributed by atoms with Crippen LogP contribution in [-0.4, -0.2) is 9.78 Å². The second-order valence-electron chi connectivity index (χ2n) is 5.79. The van der Waals surface area contributed by atoms with Gasteiger partial charge in [-0.1, -0.05) is 51.1 Å². The fourth-order valence-electron chi connectivity index (χ4n) is 2.71. The Morgan fingerprint density at radius 3 is 2.57 bits per heavy atom. The van der Waals surface area contributed by atoms with Crippen LogP contribution < -0.4 is 11.3 Å². The Morgan fingerprint density at radius 1 is 1.33 bits per heavy atom. The van der Waals surface area contributed by atoms with Crippen LogP contribution in [0.1, 0.15) is 44.5 Å². The van der Waals surface area contributed by atoms with Crippen molar-refractivity contribution in [1.29, 1.82) is 0 Å². The van der Waals surface area contributed by atoms with Crippen LogP contribution in [0.2, 0.25) is 0 Å². The average Bonchev–Trinajstić information content (AvgIpc) is 2.83. The molecule has 0 bridgehead atoms. The molecule has 1 aromatic carbocycles. The van der Waals surface area contributed by atoms with Crippen molar-refractivity contribution >= 4 is 15.9 Å². The molecule has 2 rings (SSSR count). The molecule has 0 aliphatic carbocycles. The van der Waals surface area contributed by atoms with Crippen LogP contribution in [0.25, 0.3) is 0 Å². The van der Waals surface area contributed by atoms with Gasteiger partial charge in [0.15, 0.2) is 0 Å². The fourth-order valence-corrected chi connectivity index (χ4v) is 3.24. The van der Waals surface area contributed by atoms with E-state index in [2.05, 4.69) is 71.5 Å². The highest BCUT2D eigenvalue weighted by atomic mass is 79.9. The third-order valence-electron chi connectivity index (χ3n) is 3.95. The highest BCUT2D eigenvalue weighted by Gasteiger charge is 2.35. The Kier molecular flexibility index (Phi) is 5.19. The normalized spacial score (nSPS) is 13.4. The first kappa shape index (κ1) is 16.2. The number of nitrogens with two attached hydrogens (primary N) is 1. The van der Waals surface area contributed by atoms with E-state index < -0.39 is 0 Å². The van der Waals surface area contributed by atoms with Gasteiger partial charge in [0, 0.05) is 12.0 Å². The predicted molar refractivity (Wildman–Crippen MR) is 89.8 cm³/mol. The quantitative estimate of drug-likeness (QED) is 0.618. The minimum Gasteiger partial charge on any atom is -0.271 e. The number of hydrogen-bond donors (Lipinski definition) is 2. The van der Waals surface area contributed by atoms with Gasteiger partial charge in [0.1, 0.15) is 0 Å². The van der Waals surface area contributed by atoms with Crippen molar-refractivity contribution in [2.45, 2.75) is 45.2 Å². The molecule has 1 aromatic heterocycles. The van der Waals surface area contributed by atoms with Crippen LogP contribution >= 0.6 is 15.9 Å². The van der Waals surface area contributed by atoms with Gasteiger partial charge in [-0.15, -0.1) is 0 Å². The predicted octanol–water partition coefficient (Wildman–Crippen LogP) is 3.54. The Morgan fingerprint density at radius 2 is 2.00 bits per heavy atom. The Hall–Kier alpha value is -1.17. The molecule has 0 amide bonds. The zero-order valence-electron chi connectivity index (χ0n) is 12.8. The molecule has 114 valence electrons. The first-order valence-electron chi connectivity index (χ1n) is 7.25. The van der Waals surface area contributed by atoms with Crippen molar-refractivity contribution in [1.82, 2.24) is 15.2 Å². The number of rotatable bonds is 6. The fraction of sp³-hybridized carbons (Fsp3) is 0.438. The number of hydrogen-bond acceptors (Lipinski definition) is 3. The molecule has 3 N–H and O–H groups in total. The van der Waals surface area contributed by atoms with E-state index in [1.165, 1.54) is 5.56 Å². The van der Waals surface area contributed by atoms with E-state index in [1.54, 1.807) is 0 Å². The summed E-state index contributed by atoms with van der Waals surface area (Å²) in [4.78, 5) is 0. The molecule has 21 heavy (non-hydrogen) atoms. The first-order valence-corrected chi connectivity index (χ1v) is 8.04. The highest BCUT2D eigenvalue weighted by Crippen LogP contribution is 2.39. The summed E-state index contributed by atoms with van der Waals surface area (Å²) in [5.74, 6) is 5.91. The minimum atomic E-state index is -0.163. The summed E-state index contributed by atoms with van der Waals surface area (Å²) < 4.78 is 3.02. The summed E-state index contributed by atoms with van der Waals surface area (Å²) in [6, 6.07) is 10.4. The molecule has 2 aromatic rings. The lowest BCUT2D eigenvalue weighted by atomic mass is 9.76. The van der Waals surface area contributed by atoms with Gasteiger partial charge >= 0.3 is 0 Å². The zero-order chi connectivity index (χ0) is 15.5. The molecule has 0 saturated carbocycles. The SMILES string of the molecule is CCCn1ncc(Br)c1C(NN)C(C)(C)c1ccccc1. The molecule has 4 nitrogen and oxygen atoms in total. The molecular weight excluding hydrogens is 328 g/mol. The molecule has 0 aliphatic rings. The summed E-state index contributed by atoms with van der Waals surface area (Å²) in [5, 5.41) is 4.46. The average molecular weight is 351 g/mol. The van der Waals surface area contributed by atoms with E-state index in [4.69, 9.17) is 5.84 Å². The smallest absolute Gasteiger partial charge is 0.0731 e. The van der Waals surface area contributed by atoms with Crippen molar-refractivity contribution in [3.63, 3.8) is 0 Å². The third kappa shape index (κ3) is 3.20. The number of nitrogens with one attached hydrogen (secondary N) is 1. The maximum Gasteiger partial charge on any atom is 0.0731 e. The van der Waals surface area contributed by atoms with Gasteiger partial charge < -0.3 is 0 Å². The molecule has 0 fully saturated rings. The van der Waals surface area contributed by atoms with Crippen molar-refractivity contribution < 1.29 is 0 Å². The molecule has 1 unspecified atom stereocenters. The summed E-state index contributed by atoms with van der Waals surface area (Å²) in [7, 11) is 0. The number of halogens is 1. The van der Waals surface area contributed by atoms with E-state index in [0.717, 1.165) is 23.1 Å². The molecule has 0 aliphatic heterocycles. The van der Waals surface area contributed by atoms with Gasteiger partial charge in [-0.2, -0.15) is 5.10 Å². The summed E-state index contributed by atoms with van der Waals surface area (Å²) in [6.45, 7) is 7.42. The van der Waals surface area contributed by atoms with E-state index in [-0.39, 0.29) is 11.5 Å².